The quantitative estimate of drug-likeness (QED) is 0.841. The van der Waals surface area contributed by atoms with Gasteiger partial charge in [-0.05, 0) is 18.9 Å². The third-order valence-corrected chi connectivity index (χ3v) is 4.83. The first-order valence-corrected chi connectivity index (χ1v) is 7.97. The first kappa shape index (κ1) is 15.1. The second-order valence-electron chi connectivity index (χ2n) is 5.57. The van der Waals surface area contributed by atoms with Crippen molar-refractivity contribution >= 4 is 17.2 Å². The van der Waals surface area contributed by atoms with Crippen LogP contribution in [0.2, 0.25) is 0 Å². The average Bonchev–Trinajstić information content (AvgIpc) is 2.91. The van der Waals surface area contributed by atoms with Crippen molar-refractivity contribution in [1.29, 1.82) is 0 Å². The van der Waals surface area contributed by atoms with E-state index in [0.29, 0.717) is 6.54 Å². The molecule has 2 N–H and O–H groups in total. The van der Waals surface area contributed by atoms with Crippen LogP contribution >= 0.6 is 11.3 Å². The largest absolute Gasteiger partial charge is 0.384 e. The Morgan fingerprint density at radius 1 is 1.45 bits per heavy atom. The molecule has 20 heavy (non-hydrogen) atoms. The lowest BCUT2D eigenvalue weighted by Gasteiger charge is -2.31. The summed E-state index contributed by atoms with van der Waals surface area (Å²) >= 11 is 1.59. The van der Waals surface area contributed by atoms with Crippen molar-refractivity contribution in [2.75, 3.05) is 6.61 Å². The van der Waals surface area contributed by atoms with Crippen molar-refractivity contribution in [2.45, 2.75) is 45.6 Å². The highest BCUT2D eigenvalue weighted by Crippen LogP contribution is 2.35. The Kier molecular flexibility index (Phi) is 5.22. The maximum Gasteiger partial charge on any atom is 0.226 e. The molecule has 108 valence electrons. The van der Waals surface area contributed by atoms with Gasteiger partial charge >= 0.3 is 0 Å². The average molecular weight is 291 g/mol. The highest BCUT2D eigenvalue weighted by molar-refractivity contribution is 7.10. The summed E-state index contributed by atoms with van der Waals surface area (Å²) in [6, 6.07) is 1.97. The lowest BCUT2D eigenvalue weighted by atomic mass is 9.75. The molecule has 0 saturated heterocycles. The summed E-state index contributed by atoms with van der Waals surface area (Å²) in [4.78, 5) is 13.4. The fourth-order valence-electron chi connectivity index (χ4n) is 2.62. The van der Waals surface area contributed by atoms with Gasteiger partial charge in [-0.3, -0.25) is 4.79 Å². The molecule has 2 rings (SSSR count). The molecule has 1 aliphatic rings. The van der Waals surface area contributed by atoms with E-state index in [-0.39, 0.29) is 17.9 Å². The lowest BCUT2D eigenvalue weighted by molar-refractivity contribution is -0.132. The standard InChI is InChI=1S/C16H21NO2S/c1-16(7-3-2-4-8-16)15(19)17-11-14-10-13(12-20-14)6-5-9-18/h10,12,18H,2-4,7-9,11H2,1H3,(H,17,19). The maximum atomic E-state index is 12.3. The number of thiophene rings is 1. The molecule has 0 spiro atoms. The molecule has 1 aliphatic carbocycles. The second-order valence-corrected chi connectivity index (χ2v) is 6.56. The molecule has 1 heterocycles. The van der Waals surface area contributed by atoms with Crippen molar-refractivity contribution in [3.05, 3.63) is 21.9 Å². The minimum absolute atomic E-state index is 0.125. The Labute approximate surface area is 124 Å². The van der Waals surface area contributed by atoms with Gasteiger partial charge in [-0.25, -0.2) is 0 Å². The minimum Gasteiger partial charge on any atom is -0.384 e. The summed E-state index contributed by atoms with van der Waals surface area (Å²) in [5.74, 6) is 5.67. The molecule has 1 amide bonds. The zero-order chi connectivity index (χ0) is 14.4. The third-order valence-electron chi connectivity index (χ3n) is 3.89. The minimum atomic E-state index is -0.185. The highest BCUT2D eigenvalue weighted by Gasteiger charge is 2.34. The number of aliphatic hydroxyl groups is 1. The second kappa shape index (κ2) is 6.92. The first-order valence-electron chi connectivity index (χ1n) is 7.09. The molecule has 1 aromatic rings. The van der Waals surface area contributed by atoms with Gasteiger partial charge in [0.2, 0.25) is 5.91 Å². The van der Waals surface area contributed by atoms with Crippen LogP contribution in [0.25, 0.3) is 0 Å². The zero-order valence-corrected chi connectivity index (χ0v) is 12.7. The van der Waals surface area contributed by atoms with Gasteiger partial charge in [0, 0.05) is 21.2 Å². The summed E-state index contributed by atoms with van der Waals surface area (Å²) in [5.41, 5.74) is 0.715. The molecular formula is C16H21NO2S. The Bertz CT molecular complexity index is 518. The van der Waals surface area contributed by atoms with Gasteiger partial charge in [0.05, 0.1) is 6.54 Å². The normalized spacial score (nSPS) is 17.1. The Hall–Kier alpha value is -1.31. The monoisotopic (exact) mass is 291 g/mol. The number of amides is 1. The van der Waals surface area contributed by atoms with Gasteiger partial charge in [-0.2, -0.15) is 0 Å². The van der Waals surface area contributed by atoms with E-state index in [9.17, 15) is 4.79 Å². The van der Waals surface area contributed by atoms with E-state index in [2.05, 4.69) is 24.1 Å². The van der Waals surface area contributed by atoms with Gasteiger partial charge in [0.1, 0.15) is 6.61 Å². The van der Waals surface area contributed by atoms with E-state index in [1.54, 1.807) is 11.3 Å². The molecule has 4 heteroatoms. The molecule has 1 aromatic heterocycles. The van der Waals surface area contributed by atoms with Crippen molar-refractivity contribution in [2.24, 2.45) is 5.41 Å². The molecule has 0 aromatic carbocycles. The number of nitrogens with one attached hydrogen (secondary N) is 1. The number of hydrogen-bond acceptors (Lipinski definition) is 3. The van der Waals surface area contributed by atoms with Crippen LogP contribution in [0, 0.1) is 17.3 Å². The van der Waals surface area contributed by atoms with Gasteiger partial charge < -0.3 is 10.4 Å². The molecule has 0 aliphatic heterocycles. The van der Waals surface area contributed by atoms with E-state index in [4.69, 9.17) is 5.11 Å². The van der Waals surface area contributed by atoms with Crippen molar-refractivity contribution < 1.29 is 9.90 Å². The predicted molar refractivity (Wildman–Crippen MR) is 81.3 cm³/mol. The molecule has 1 fully saturated rings. The Morgan fingerprint density at radius 2 is 2.20 bits per heavy atom. The topological polar surface area (TPSA) is 49.3 Å². The van der Waals surface area contributed by atoms with E-state index in [0.717, 1.165) is 36.1 Å². The zero-order valence-electron chi connectivity index (χ0n) is 11.9. The number of rotatable bonds is 3. The summed E-state index contributed by atoms with van der Waals surface area (Å²) in [7, 11) is 0. The number of aliphatic hydroxyl groups excluding tert-OH is 1. The maximum absolute atomic E-state index is 12.3. The predicted octanol–water partition coefficient (Wildman–Crippen LogP) is 2.68. The summed E-state index contributed by atoms with van der Waals surface area (Å²) < 4.78 is 0. The van der Waals surface area contributed by atoms with E-state index >= 15 is 0 Å². The molecule has 1 saturated carbocycles. The van der Waals surface area contributed by atoms with Crippen LogP contribution in [0.1, 0.15) is 49.5 Å². The smallest absolute Gasteiger partial charge is 0.226 e. The summed E-state index contributed by atoms with van der Waals surface area (Å²) in [5, 5.41) is 13.7. The van der Waals surface area contributed by atoms with Crippen LogP contribution in [0.5, 0.6) is 0 Å². The summed E-state index contributed by atoms with van der Waals surface area (Å²) in [6.45, 7) is 2.52. The van der Waals surface area contributed by atoms with Crippen LogP contribution in [0.4, 0.5) is 0 Å². The van der Waals surface area contributed by atoms with Crippen molar-refractivity contribution in [3.63, 3.8) is 0 Å². The molecule has 0 bridgehead atoms. The number of carbonyl (C=O) groups excluding carboxylic acids is 1. The van der Waals surface area contributed by atoms with Crippen LogP contribution in [-0.4, -0.2) is 17.6 Å². The van der Waals surface area contributed by atoms with E-state index in [1.807, 2.05) is 11.4 Å². The van der Waals surface area contributed by atoms with Gasteiger partial charge in [0.25, 0.3) is 0 Å². The van der Waals surface area contributed by atoms with E-state index in [1.165, 1.54) is 6.42 Å². The fraction of sp³-hybridized carbons (Fsp3) is 0.562. The van der Waals surface area contributed by atoms with Crippen LogP contribution in [0.3, 0.4) is 0 Å². The van der Waals surface area contributed by atoms with Crippen molar-refractivity contribution in [3.8, 4) is 11.8 Å². The van der Waals surface area contributed by atoms with Gasteiger partial charge in [-0.15, -0.1) is 11.3 Å². The van der Waals surface area contributed by atoms with E-state index < -0.39 is 0 Å². The van der Waals surface area contributed by atoms with Crippen LogP contribution in [0.15, 0.2) is 11.4 Å². The molecule has 0 radical (unpaired) electrons. The third kappa shape index (κ3) is 3.84. The molecule has 0 unspecified atom stereocenters. The lowest BCUT2D eigenvalue weighted by Crippen LogP contribution is -2.39. The Morgan fingerprint density at radius 3 is 2.90 bits per heavy atom. The molecule has 0 atom stereocenters. The SMILES string of the molecule is CC1(C(=O)NCc2cc(C#CCO)cs2)CCCCC1. The van der Waals surface area contributed by atoms with Gasteiger partial charge in [0.15, 0.2) is 0 Å². The summed E-state index contributed by atoms with van der Waals surface area (Å²) in [6.07, 6.45) is 5.56. The van der Waals surface area contributed by atoms with Crippen molar-refractivity contribution in [1.82, 2.24) is 5.32 Å². The molecule has 3 nitrogen and oxygen atoms in total. The Balaban J connectivity index is 1.88. The fourth-order valence-corrected chi connectivity index (χ4v) is 3.38. The number of carbonyl (C=O) groups is 1. The first-order chi connectivity index (χ1) is 9.64. The van der Waals surface area contributed by atoms with Crippen LogP contribution < -0.4 is 5.32 Å². The highest BCUT2D eigenvalue weighted by atomic mass is 32.1. The molecular weight excluding hydrogens is 270 g/mol. The van der Waals surface area contributed by atoms with Gasteiger partial charge in [-0.1, -0.05) is 38.0 Å². The van der Waals surface area contributed by atoms with Crippen LogP contribution in [-0.2, 0) is 11.3 Å². The number of hydrogen-bond donors (Lipinski definition) is 2.